The summed E-state index contributed by atoms with van der Waals surface area (Å²) in [5.74, 6) is -0.213. The maximum absolute atomic E-state index is 13.4. The SMILES string of the molecule is O=P(OCCCl)(OCCCl)C(Nc1ccccc1)c1ccccc1. The van der Waals surface area contributed by atoms with Gasteiger partial charge in [0.05, 0.1) is 13.2 Å². The zero-order valence-corrected chi connectivity index (χ0v) is 15.5. The van der Waals surface area contributed by atoms with E-state index in [0.717, 1.165) is 11.3 Å². The normalized spacial score (nSPS) is 12.8. The van der Waals surface area contributed by atoms with Crippen LogP contribution in [0.25, 0.3) is 0 Å². The van der Waals surface area contributed by atoms with Gasteiger partial charge in [-0.2, -0.15) is 0 Å². The predicted molar refractivity (Wildman–Crippen MR) is 100 cm³/mol. The third-order valence-electron chi connectivity index (χ3n) is 3.21. The number of rotatable bonds is 10. The molecule has 130 valence electrons. The van der Waals surface area contributed by atoms with Gasteiger partial charge < -0.3 is 14.4 Å². The zero-order valence-electron chi connectivity index (χ0n) is 13.1. The summed E-state index contributed by atoms with van der Waals surface area (Å²) >= 11 is 11.4. The molecule has 0 aromatic heterocycles. The topological polar surface area (TPSA) is 47.6 Å². The summed E-state index contributed by atoms with van der Waals surface area (Å²) in [7, 11) is -3.53. The van der Waals surface area contributed by atoms with Gasteiger partial charge in [0.2, 0.25) is 0 Å². The largest absolute Gasteiger partial charge is 0.368 e. The number of halogens is 2. The second-order valence-electron chi connectivity index (χ2n) is 4.91. The maximum Gasteiger partial charge on any atom is 0.357 e. The maximum atomic E-state index is 13.4. The molecule has 2 aromatic rings. The van der Waals surface area contributed by atoms with E-state index in [4.69, 9.17) is 32.2 Å². The van der Waals surface area contributed by atoms with Crippen molar-refractivity contribution in [1.82, 2.24) is 0 Å². The molecule has 0 saturated heterocycles. The Morgan fingerprint density at radius 1 is 0.875 bits per heavy atom. The molecule has 0 spiro atoms. The van der Waals surface area contributed by atoms with Crippen LogP contribution in [-0.4, -0.2) is 25.0 Å². The molecule has 2 aromatic carbocycles. The van der Waals surface area contributed by atoms with Crippen LogP contribution in [0.4, 0.5) is 5.69 Å². The Morgan fingerprint density at radius 2 is 1.38 bits per heavy atom. The van der Waals surface area contributed by atoms with Crippen molar-refractivity contribution in [2.45, 2.75) is 5.78 Å². The number of alkyl halides is 2. The summed E-state index contributed by atoms with van der Waals surface area (Å²) in [6, 6.07) is 18.9. The average Bonchev–Trinajstić information content (AvgIpc) is 2.64. The molecule has 0 heterocycles. The summed E-state index contributed by atoms with van der Waals surface area (Å²) in [6.07, 6.45) is 0. The third-order valence-corrected chi connectivity index (χ3v) is 5.66. The van der Waals surface area contributed by atoms with Crippen LogP contribution in [0.5, 0.6) is 0 Å². The van der Waals surface area contributed by atoms with Gasteiger partial charge in [-0.05, 0) is 17.7 Å². The van der Waals surface area contributed by atoms with Gasteiger partial charge in [0, 0.05) is 17.4 Å². The van der Waals surface area contributed by atoms with Crippen LogP contribution in [0.1, 0.15) is 11.3 Å². The van der Waals surface area contributed by atoms with Gasteiger partial charge in [0.25, 0.3) is 0 Å². The quantitative estimate of drug-likeness (QED) is 0.431. The first-order valence-corrected chi connectivity index (χ1v) is 10.2. The third kappa shape index (κ3) is 5.51. The lowest BCUT2D eigenvalue weighted by molar-refractivity contribution is 0.216. The van der Waals surface area contributed by atoms with E-state index in [0.29, 0.717) is 0 Å². The van der Waals surface area contributed by atoms with Gasteiger partial charge in [-0.15, -0.1) is 23.2 Å². The van der Waals surface area contributed by atoms with Gasteiger partial charge in [0.1, 0.15) is 0 Å². The molecule has 2 rings (SSSR count). The van der Waals surface area contributed by atoms with Crippen LogP contribution >= 0.6 is 30.8 Å². The van der Waals surface area contributed by atoms with E-state index in [1.807, 2.05) is 60.7 Å². The highest BCUT2D eigenvalue weighted by Crippen LogP contribution is 2.60. The first-order chi connectivity index (χ1) is 11.7. The van der Waals surface area contributed by atoms with Gasteiger partial charge in [-0.1, -0.05) is 48.5 Å². The van der Waals surface area contributed by atoms with E-state index in [-0.39, 0.29) is 25.0 Å². The first kappa shape index (κ1) is 19.3. The van der Waals surface area contributed by atoms with E-state index < -0.39 is 13.4 Å². The molecule has 24 heavy (non-hydrogen) atoms. The van der Waals surface area contributed by atoms with E-state index in [2.05, 4.69) is 5.32 Å². The second-order valence-corrected chi connectivity index (χ2v) is 7.78. The molecule has 0 bridgehead atoms. The standard InChI is InChI=1S/C17H20Cl2NO3P/c18-11-13-22-24(21,23-14-12-19)17(15-7-3-1-4-8-15)20-16-9-5-2-6-10-16/h1-10,17,20H,11-14H2. The number of anilines is 1. The van der Waals surface area contributed by atoms with E-state index in [1.54, 1.807) is 0 Å². The second kappa shape index (κ2) is 10.1. The van der Waals surface area contributed by atoms with Crippen molar-refractivity contribution >= 4 is 36.5 Å². The lowest BCUT2D eigenvalue weighted by Gasteiger charge is -2.28. The molecule has 0 saturated carbocycles. The fraction of sp³-hybridized carbons (Fsp3) is 0.294. The summed E-state index contributed by atoms with van der Waals surface area (Å²) < 4.78 is 24.5. The molecule has 0 aliphatic rings. The number of nitrogens with one attached hydrogen (secondary N) is 1. The molecule has 0 aliphatic carbocycles. The average molecular weight is 388 g/mol. The molecule has 1 atom stereocenters. The predicted octanol–water partition coefficient (Wildman–Crippen LogP) is 5.50. The molecule has 0 radical (unpaired) electrons. The highest BCUT2D eigenvalue weighted by molar-refractivity contribution is 7.54. The number of benzene rings is 2. The molecular formula is C17H20Cl2NO3P. The van der Waals surface area contributed by atoms with Crippen molar-refractivity contribution in [1.29, 1.82) is 0 Å². The lowest BCUT2D eigenvalue weighted by atomic mass is 10.2. The Bertz CT molecular complexity index is 631. The van der Waals surface area contributed by atoms with Crippen molar-refractivity contribution in [2.24, 2.45) is 0 Å². The molecule has 1 N–H and O–H groups in total. The molecule has 4 nitrogen and oxygen atoms in total. The van der Waals surface area contributed by atoms with Crippen molar-refractivity contribution in [3.63, 3.8) is 0 Å². The van der Waals surface area contributed by atoms with Crippen molar-refractivity contribution in [3.8, 4) is 0 Å². The minimum atomic E-state index is -3.53. The Hall–Kier alpha value is -1.03. The summed E-state index contributed by atoms with van der Waals surface area (Å²) in [6.45, 7) is 0.252. The van der Waals surface area contributed by atoms with E-state index in [9.17, 15) is 4.57 Å². The van der Waals surface area contributed by atoms with Crippen LogP contribution in [0.2, 0.25) is 0 Å². The summed E-state index contributed by atoms with van der Waals surface area (Å²) in [5, 5.41) is 3.25. The van der Waals surface area contributed by atoms with Crippen LogP contribution in [0.15, 0.2) is 60.7 Å². The van der Waals surface area contributed by atoms with Crippen LogP contribution in [-0.2, 0) is 13.6 Å². The lowest BCUT2D eigenvalue weighted by Crippen LogP contribution is -2.16. The van der Waals surface area contributed by atoms with Gasteiger partial charge >= 0.3 is 7.60 Å². The molecule has 0 amide bonds. The molecule has 1 unspecified atom stereocenters. The zero-order chi connectivity index (χ0) is 17.3. The van der Waals surface area contributed by atoms with Gasteiger partial charge in [0.15, 0.2) is 5.78 Å². The van der Waals surface area contributed by atoms with Crippen molar-refractivity contribution in [2.75, 3.05) is 30.3 Å². The smallest absolute Gasteiger partial charge is 0.357 e. The van der Waals surface area contributed by atoms with E-state index >= 15 is 0 Å². The first-order valence-electron chi connectivity index (χ1n) is 7.57. The Labute approximate surface area is 152 Å². The van der Waals surface area contributed by atoms with Crippen LogP contribution in [0, 0.1) is 0 Å². The number of hydrogen-bond donors (Lipinski definition) is 1. The van der Waals surface area contributed by atoms with Gasteiger partial charge in [-0.3, -0.25) is 4.57 Å². The minimum Gasteiger partial charge on any atom is -0.368 e. The molecular weight excluding hydrogens is 368 g/mol. The van der Waals surface area contributed by atoms with Crippen molar-refractivity contribution < 1.29 is 13.6 Å². The highest BCUT2D eigenvalue weighted by Gasteiger charge is 2.37. The summed E-state index contributed by atoms with van der Waals surface area (Å²) in [5.41, 5.74) is 1.62. The van der Waals surface area contributed by atoms with Crippen LogP contribution < -0.4 is 5.32 Å². The fourth-order valence-corrected chi connectivity index (χ4v) is 4.46. The monoisotopic (exact) mass is 387 g/mol. The Kier molecular flexibility index (Phi) is 8.10. The Morgan fingerprint density at radius 3 is 1.88 bits per heavy atom. The fourth-order valence-electron chi connectivity index (χ4n) is 2.18. The molecule has 0 aliphatic heterocycles. The number of para-hydroxylation sites is 1. The Balaban J connectivity index is 2.35. The van der Waals surface area contributed by atoms with Crippen molar-refractivity contribution in [3.05, 3.63) is 66.2 Å². The molecule has 7 heteroatoms. The minimum absolute atomic E-state index is 0.126. The molecule has 0 fully saturated rings. The number of hydrogen-bond acceptors (Lipinski definition) is 4. The van der Waals surface area contributed by atoms with Gasteiger partial charge in [-0.25, -0.2) is 0 Å². The van der Waals surface area contributed by atoms with E-state index in [1.165, 1.54) is 0 Å². The summed E-state index contributed by atoms with van der Waals surface area (Å²) in [4.78, 5) is 0. The van der Waals surface area contributed by atoms with Crippen LogP contribution in [0.3, 0.4) is 0 Å². The highest BCUT2D eigenvalue weighted by atomic mass is 35.5.